The predicted molar refractivity (Wildman–Crippen MR) is 108 cm³/mol. The van der Waals surface area contributed by atoms with E-state index in [2.05, 4.69) is 27.5 Å². The van der Waals surface area contributed by atoms with E-state index in [4.69, 9.17) is 4.74 Å². The highest BCUT2D eigenvalue weighted by Crippen LogP contribution is 2.20. The quantitative estimate of drug-likeness (QED) is 0.275. The number of aliphatic imine (C=N–C) groups is 1. The molecule has 1 aromatic heterocycles. The highest BCUT2D eigenvalue weighted by atomic mass is 127. The molecule has 1 aliphatic carbocycles. The topological polar surface area (TPSA) is 58.5 Å². The fraction of sp³-hybridized carbons (Fsp3) is 0.750. The Morgan fingerprint density at radius 2 is 2.17 bits per heavy atom. The molecule has 1 saturated carbocycles. The number of guanidine groups is 1. The molecule has 1 aromatic rings. The first-order valence-electron chi connectivity index (χ1n) is 8.31. The summed E-state index contributed by atoms with van der Waals surface area (Å²) in [6.45, 7) is 4.59. The molecule has 0 radical (unpaired) electrons. The molecule has 5 nitrogen and oxygen atoms in total. The molecule has 23 heavy (non-hydrogen) atoms. The number of rotatable bonds is 8. The van der Waals surface area contributed by atoms with Crippen molar-refractivity contribution < 1.29 is 4.74 Å². The largest absolute Gasteiger partial charge is 0.378 e. The third kappa shape index (κ3) is 7.80. The number of aromatic nitrogens is 1. The molecule has 1 fully saturated rings. The van der Waals surface area contributed by atoms with E-state index in [1.165, 1.54) is 30.6 Å². The van der Waals surface area contributed by atoms with Gasteiger partial charge in [0, 0.05) is 31.3 Å². The van der Waals surface area contributed by atoms with Crippen LogP contribution >= 0.6 is 35.3 Å². The number of hydrogen-bond donors (Lipinski definition) is 2. The van der Waals surface area contributed by atoms with Crippen LogP contribution in [0.4, 0.5) is 0 Å². The van der Waals surface area contributed by atoms with Crippen molar-refractivity contribution >= 4 is 41.3 Å². The second-order valence-corrected chi connectivity index (χ2v) is 6.76. The summed E-state index contributed by atoms with van der Waals surface area (Å²) in [5.41, 5.74) is 0. The Morgan fingerprint density at radius 3 is 2.83 bits per heavy atom. The maximum Gasteiger partial charge on any atom is 0.191 e. The second kappa shape index (κ2) is 12.0. The number of aryl methyl sites for hydroxylation is 1. The number of nitrogens with zero attached hydrogens (tertiary/aromatic N) is 2. The molecule has 1 heterocycles. The highest BCUT2D eigenvalue weighted by Gasteiger charge is 2.14. The van der Waals surface area contributed by atoms with Crippen molar-refractivity contribution in [3.05, 3.63) is 16.1 Å². The zero-order valence-corrected chi connectivity index (χ0v) is 17.3. The molecule has 2 N–H and O–H groups in total. The number of halogens is 1. The summed E-state index contributed by atoms with van der Waals surface area (Å²) in [5, 5.41) is 7.72. The molecule has 0 aromatic carbocycles. The van der Waals surface area contributed by atoms with E-state index < -0.39 is 0 Å². The third-order valence-electron chi connectivity index (χ3n) is 3.85. The van der Waals surface area contributed by atoms with Crippen LogP contribution in [0.15, 0.2) is 11.2 Å². The smallest absolute Gasteiger partial charge is 0.191 e. The van der Waals surface area contributed by atoms with Gasteiger partial charge in [-0.25, -0.2) is 4.98 Å². The second-order valence-electron chi connectivity index (χ2n) is 5.56. The zero-order valence-electron chi connectivity index (χ0n) is 14.1. The lowest BCUT2D eigenvalue weighted by atomic mass is 10.3. The van der Waals surface area contributed by atoms with Crippen LogP contribution in [-0.4, -0.2) is 37.2 Å². The van der Waals surface area contributed by atoms with Crippen LogP contribution in [0.3, 0.4) is 0 Å². The molecule has 7 heteroatoms. The predicted octanol–water partition coefficient (Wildman–Crippen LogP) is 3.34. The Morgan fingerprint density at radius 1 is 1.39 bits per heavy atom. The highest BCUT2D eigenvalue weighted by molar-refractivity contribution is 14.0. The summed E-state index contributed by atoms with van der Waals surface area (Å²) in [6, 6.07) is 0. The van der Waals surface area contributed by atoms with Gasteiger partial charge in [0.25, 0.3) is 0 Å². The summed E-state index contributed by atoms with van der Waals surface area (Å²) in [4.78, 5) is 9.96. The first-order chi connectivity index (χ1) is 10.8. The molecule has 0 saturated heterocycles. The van der Waals surface area contributed by atoms with E-state index in [1.54, 1.807) is 18.4 Å². The first kappa shape index (κ1) is 20.6. The lowest BCUT2D eigenvalue weighted by Crippen LogP contribution is -2.37. The lowest BCUT2D eigenvalue weighted by Gasteiger charge is -2.13. The van der Waals surface area contributed by atoms with E-state index in [0.29, 0.717) is 6.10 Å². The van der Waals surface area contributed by atoms with Crippen molar-refractivity contribution in [2.45, 2.75) is 58.1 Å². The summed E-state index contributed by atoms with van der Waals surface area (Å²) in [6.07, 6.45) is 9.66. The van der Waals surface area contributed by atoms with Gasteiger partial charge in [0.2, 0.25) is 0 Å². The van der Waals surface area contributed by atoms with Crippen molar-refractivity contribution in [1.82, 2.24) is 15.6 Å². The number of nitrogens with one attached hydrogen (secondary N) is 2. The summed E-state index contributed by atoms with van der Waals surface area (Å²) in [7, 11) is 1.80. The molecule has 0 atom stereocenters. The van der Waals surface area contributed by atoms with Crippen molar-refractivity contribution in [2.75, 3.05) is 20.2 Å². The van der Waals surface area contributed by atoms with E-state index in [9.17, 15) is 0 Å². The Hall–Kier alpha value is -0.410. The third-order valence-corrected chi connectivity index (χ3v) is 4.99. The average Bonchev–Trinajstić information content (AvgIpc) is 3.21. The summed E-state index contributed by atoms with van der Waals surface area (Å²) < 4.78 is 5.85. The van der Waals surface area contributed by atoms with Gasteiger partial charge in [-0.3, -0.25) is 4.99 Å². The van der Waals surface area contributed by atoms with Crippen LogP contribution in [0.1, 0.15) is 48.9 Å². The van der Waals surface area contributed by atoms with Gasteiger partial charge in [0.1, 0.15) is 5.01 Å². The molecule has 0 aliphatic heterocycles. The first-order valence-corrected chi connectivity index (χ1v) is 9.13. The maximum absolute atomic E-state index is 5.85. The SMILES string of the molecule is CCc1cnc(CNC(=NC)NCCCOC2CCCC2)s1.I. The van der Waals surface area contributed by atoms with Gasteiger partial charge in [-0.1, -0.05) is 19.8 Å². The number of hydrogen-bond acceptors (Lipinski definition) is 4. The van der Waals surface area contributed by atoms with Crippen LogP contribution in [0.2, 0.25) is 0 Å². The Labute approximate surface area is 160 Å². The standard InChI is InChI=1S/C16H28N4OS.HI/c1-3-14-11-19-15(22-14)12-20-16(17-2)18-9-6-10-21-13-7-4-5-8-13;/h11,13H,3-10,12H2,1-2H3,(H2,17,18,20);1H. The molecular weight excluding hydrogens is 423 g/mol. The number of thiazole rings is 1. The molecule has 1 aliphatic rings. The lowest BCUT2D eigenvalue weighted by molar-refractivity contribution is 0.0574. The summed E-state index contributed by atoms with van der Waals surface area (Å²) >= 11 is 1.76. The van der Waals surface area contributed by atoms with Crippen LogP contribution in [-0.2, 0) is 17.7 Å². The minimum atomic E-state index is 0. The van der Waals surface area contributed by atoms with Crippen LogP contribution in [0.25, 0.3) is 0 Å². The molecule has 132 valence electrons. The van der Waals surface area contributed by atoms with Crippen molar-refractivity contribution in [3.8, 4) is 0 Å². The van der Waals surface area contributed by atoms with E-state index in [1.807, 2.05) is 6.20 Å². The van der Waals surface area contributed by atoms with Crippen LogP contribution in [0.5, 0.6) is 0 Å². The Kier molecular flexibility index (Phi) is 10.8. The van der Waals surface area contributed by atoms with E-state index >= 15 is 0 Å². The van der Waals surface area contributed by atoms with E-state index in [0.717, 1.165) is 43.5 Å². The normalized spacial score (nSPS) is 15.5. The minimum Gasteiger partial charge on any atom is -0.378 e. The van der Waals surface area contributed by atoms with Gasteiger partial charge in [-0.15, -0.1) is 35.3 Å². The number of ether oxygens (including phenoxy) is 1. The minimum absolute atomic E-state index is 0. The fourth-order valence-electron chi connectivity index (χ4n) is 2.56. The molecular formula is C16H29IN4OS. The van der Waals surface area contributed by atoms with Gasteiger partial charge in [-0.05, 0) is 25.7 Å². The van der Waals surface area contributed by atoms with Crippen molar-refractivity contribution in [1.29, 1.82) is 0 Å². The zero-order chi connectivity index (χ0) is 15.6. The van der Waals surface area contributed by atoms with Gasteiger partial charge in [-0.2, -0.15) is 0 Å². The van der Waals surface area contributed by atoms with E-state index in [-0.39, 0.29) is 24.0 Å². The van der Waals surface area contributed by atoms with Crippen LogP contribution < -0.4 is 10.6 Å². The monoisotopic (exact) mass is 452 g/mol. The van der Waals surface area contributed by atoms with Crippen molar-refractivity contribution in [2.24, 2.45) is 4.99 Å². The Balaban J connectivity index is 0.00000264. The molecule has 0 spiro atoms. The Bertz CT molecular complexity index is 461. The average molecular weight is 452 g/mol. The van der Waals surface area contributed by atoms with Gasteiger partial charge in [0.05, 0.1) is 12.6 Å². The molecule has 0 bridgehead atoms. The fourth-order valence-corrected chi connectivity index (χ4v) is 3.36. The molecule has 0 amide bonds. The molecule has 0 unspecified atom stereocenters. The van der Waals surface area contributed by atoms with Gasteiger partial charge in [0.15, 0.2) is 5.96 Å². The molecule has 2 rings (SSSR count). The van der Waals surface area contributed by atoms with Gasteiger partial charge < -0.3 is 15.4 Å². The van der Waals surface area contributed by atoms with Crippen LogP contribution in [0, 0.1) is 0 Å². The van der Waals surface area contributed by atoms with Gasteiger partial charge >= 0.3 is 0 Å². The summed E-state index contributed by atoms with van der Waals surface area (Å²) in [5.74, 6) is 0.828. The maximum atomic E-state index is 5.85. The van der Waals surface area contributed by atoms with Crippen molar-refractivity contribution in [3.63, 3.8) is 0 Å².